The van der Waals surface area contributed by atoms with Crippen molar-refractivity contribution in [1.82, 2.24) is 20.0 Å². The van der Waals surface area contributed by atoms with Crippen LogP contribution < -0.4 is 16.4 Å². The highest BCUT2D eigenvalue weighted by molar-refractivity contribution is 6.00. The predicted octanol–water partition coefficient (Wildman–Crippen LogP) is 2.68. The van der Waals surface area contributed by atoms with Crippen LogP contribution in [-0.2, 0) is 11.3 Å². The largest absolute Gasteiger partial charge is 0.459 e. The van der Waals surface area contributed by atoms with Crippen LogP contribution in [-0.4, -0.2) is 32.5 Å². The number of aryl methyl sites for hydroxylation is 1. The number of carbonyl (C=O) groups excluding carboxylic acids is 2. The van der Waals surface area contributed by atoms with Gasteiger partial charge in [-0.05, 0) is 52.3 Å². The van der Waals surface area contributed by atoms with E-state index in [-0.39, 0.29) is 23.3 Å². The molecule has 0 aliphatic heterocycles. The van der Waals surface area contributed by atoms with Gasteiger partial charge in [0.1, 0.15) is 5.69 Å². The van der Waals surface area contributed by atoms with Crippen molar-refractivity contribution in [2.24, 2.45) is 0 Å². The molecular weight excluding hydrogens is 386 g/mol. The topological polar surface area (TPSA) is 118 Å². The zero-order valence-corrected chi connectivity index (χ0v) is 17.6. The van der Waals surface area contributed by atoms with Gasteiger partial charge in [0.2, 0.25) is 5.95 Å². The number of nitrogens with one attached hydrogen (secondary N) is 3. The van der Waals surface area contributed by atoms with Crippen molar-refractivity contribution in [3.8, 4) is 0 Å². The average molecular weight is 411 g/mol. The van der Waals surface area contributed by atoms with Gasteiger partial charge in [0.15, 0.2) is 0 Å². The van der Waals surface area contributed by atoms with E-state index in [1.807, 2.05) is 6.92 Å². The number of ether oxygens (including phenoxy) is 1. The Labute approximate surface area is 173 Å². The van der Waals surface area contributed by atoms with Crippen LogP contribution in [0.5, 0.6) is 0 Å². The lowest BCUT2D eigenvalue weighted by atomic mass is 10.1. The first-order chi connectivity index (χ1) is 14.2. The first-order valence-electron chi connectivity index (χ1n) is 9.70. The molecule has 0 fully saturated rings. The first kappa shape index (κ1) is 21.1. The van der Waals surface area contributed by atoms with Gasteiger partial charge < -0.3 is 9.72 Å². The van der Waals surface area contributed by atoms with Crippen LogP contribution in [0.1, 0.15) is 52.9 Å². The molecular formula is C21H25N5O4. The number of anilines is 1. The molecule has 0 aliphatic rings. The molecule has 0 unspecified atom stereocenters. The van der Waals surface area contributed by atoms with E-state index >= 15 is 0 Å². The zero-order valence-electron chi connectivity index (χ0n) is 17.6. The monoisotopic (exact) mass is 411 g/mol. The molecule has 9 heteroatoms. The first-order valence-corrected chi connectivity index (χ1v) is 9.70. The number of hydrogen-bond donors (Lipinski definition) is 3. The third kappa shape index (κ3) is 3.91. The minimum Gasteiger partial charge on any atom is -0.459 e. The molecule has 0 saturated heterocycles. The molecule has 0 bridgehead atoms. The Morgan fingerprint density at radius 1 is 1.23 bits per heavy atom. The smallest absolute Gasteiger partial charge is 0.340 e. The number of H-pyrrole nitrogens is 1. The Morgan fingerprint density at radius 3 is 2.60 bits per heavy atom. The third-order valence-corrected chi connectivity index (χ3v) is 4.68. The van der Waals surface area contributed by atoms with Gasteiger partial charge in [-0.25, -0.2) is 9.78 Å². The maximum absolute atomic E-state index is 12.7. The SMILES string of the molecule is CCn1c(NNC(=O)c2[nH]c(C)c(C(=O)OC(C)C)c2C)nc2ccccc2c1=O. The van der Waals surface area contributed by atoms with Crippen LogP contribution in [0.2, 0.25) is 0 Å². The van der Waals surface area contributed by atoms with Gasteiger partial charge in [-0.2, -0.15) is 0 Å². The standard InChI is InChI=1S/C21H25N5O4/c1-6-26-19(28)14-9-7-8-10-15(14)23-21(26)25-24-18(27)17-12(4)16(13(5)22-17)20(29)30-11(2)3/h7-11,22H,6H2,1-5H3,(H,23,25)(H,24,27). The van der Waals surface area contributed by atoms with E-state index in [0.717, 1.165) is 0 Å². The number of nitrogens with zero attached hydrogens (tertiary/aromatic N) is 2. The van der Waals surface area contributed by atoms with Crippen molar-refractivity contribution in [3.63, 3.8) is 0 Å². The van der Waals surface area contributed by atoms with Gasteiger partial charge in [0.25, 0.3) is 11.5 Å². The number of benzene rings is 1. The molecule has 0 saturated carbocycles. The molecule has 1 aromatic carbocycles. The van der Waals surface area contributed by atoms with Gasteiger partial charge in [-0.1, -0.05) is 12.1 Å². The highest BCUT2D eigenvalue weighted by Gasteiger charge is 2.24. The Hall–Kier alpha value is -3.62. The molecule has 30 heavy (non-hydrogen) atoms. The number of rotatable bonds is 6. The van der Waals surface area contributed by atoms with Crippen LogP contribution in [0.3, 0.4) is 0 Å². The number of hydrogen-bond acceptors (Lipinski definition) is 6. The maximum Gasteiger partial charge on any atom is 0.340 e. The van der Waals surface area contributed by atoms with Crippen molar-refractivity contribution in [1.29, 1.82) is 0 Å². The lowest BCUT2D eigenvalue weighted by molar-refractivity contribution is 0.0376. The van der Waals surface area contributed by atoms with Crippen molar-refractivity contribution in [2.75, 3.05) is 5.43 Å². The molecule has 0 spiro atoms. The van der Waals surface area contributed by atoms with Crippen molar-refractivity contribution < 1.29 is 14.3 Å². The van der Waals surface area contributed by atoms with E-state index in [0.29, 0.717) is 34.3 Å². The number of para-hydroxylation sites is 1. The van der Waals surface area contributed by atoms with Gasteiger partial charge in [-0.15, -0.1) is 0 Å². The van der Waals surface area contributed by atoms with Crippen molar-refractivity contribution in [2.45, 2.75) is 47.3 Å². The summed E-state index contributed by atoms with van der Waals surface area (Å²) in [5.74, 6) is -0.765. The van der Waals surface area contributed by atoms with E-state index in [1.165, 1.54) is 4.57 Å². The minimum atomic E-state index is -0.496. The van der Waals surface area contributed by atoms with Crippen molar-refractivity contribution >= 4 is 28.7 Å². The lowest BCUT2D eigenvalue weighted by Gasteiger charge is -2.14. The van der Waals surface area contributed by atoms with Gasteiger partial charge >= 0.3 is 5.97 Å². The van der Waals surface area contributed by atoms with Crippen LogP contribution in [0.4, 0.5) is 5.95 Å². The zero-order chi connectivity index (χ0) is 22.0. The van der Waals surface area contributed by atoms with Crippen LogP contribution in [0, 0.1) is 13.8 Å². The normalized spacial score (nSPS) is 11.0. The second-order valence-corrected chi connectivity index (χ2v) is 7.16. The van der Waals surface area contributed by atoms with E-state index in [2.05, 4.69) is 20.8 Å². The minimum absolute atomic E-state index is 0.203. The second kappa shape index (κ2) is 8.40. The fourth-order valence-corrected chi connectivity index (χ4v) is 3.29. The van der Waals surface area contributed by atoms with Crippen LogP contribution >= 0.6 is 0 Å². The lowest BCUT2D eigenvalue weighted by Crippen LogP contribution is -2.34. The van der Waals surface area contributed by atoms with Crippen molar-refractivity contribution in [3.05, 3.63) is 57.1 Å². The predicted molar refractivity (Wildman–Crippen MR) is 114 cm³/mol. The molecule has 9 nitrogen and oxygen atoms in total. The maximum atomic E-state index is 12.7. The molecule has 158 valence electrons. The fraction of sp³-hybridized carbons (Fsp3) is 0.333. The highest BCUT2D eigenvalue weighted by Crippen LogP contribution is 2.20. The number of esters is 1. The fourth-order valence-electron chi connectivity index (χ4n) is 3.29. The molecule has 2 aromatic heterocycles. The summed E-state index contributed by atoms with van der Waals surface area (Å²) in [5.41, 5.74) is 7.18. The summed E-state index contributed by atoms with van der Waals surface area (Å²) in [6, 6.07) is 7.01. The van der Waals surface area contributed by atoms with Crippen LogP contribution in [0.15, 0.2) is 29.1 Å². The van der Waals surface area contributed by atoms with Crippen LogP contribution in [0.25, 0.3) is 10.9 Å². The second-order valence-electron chi connectivity index (χ2n) is 7.16. The van der Waals surface area contributed by atoms with E-state index < -0.39 is 11.9 Å². The molecule has 3 N–H and O–H groups in total. The third-order valence-electron chi connectivity index (χ3n) is 4.68. The Balaban J connectivity index is 1.86. The summed E-state index contributed by atoms with van der Waals surface area (Å²) in [6.45, 7) is 9.09. The summed E-state index contributed by atoms with van der Waals surface area (Å²) >= 11 is 0. The molecule has 0 aliphatic carbocycles. The summed E-state index contributed by atoms with van der Waals surface area (Å²) in [5, 5.41) is 0.500. The number of hydrazine groups is 1. The number of aromatic nitrogens is 3. The average Bonchev–Trinajstić information content (AvgIpc) is 3.00. The Bertz CT molecular complexity index is 1180. The summed E-state index contributed by atoms with van der Waals surface area (Å²) in [7, 11) is 0. The molecule has 2 heterocycles. The summed E-state index contributed by atoms with van der Waals surface area (Å²) in [6.07, 6.45) is -0.269. The molecule has 3 aromatic rings. The molecule has 0 atom stereocenters. The van der Waals surface area contributed by atoms with E-state index in [1.54, 1.807) is 52.0 Å². The molecule has 1 amide bonds. The van der Waals surface area contributed by atoms with E-state index in [9.17, 15) is 14.4 Å². The summed E-state index contributed by atoms with van der Waals surface area (Å²) < 4.78 is 6.68. The quantitative estimate of drug-likeness (QED) is 0.424. The highest BCUT2D eigenvalue weighted by atomic mass is 16.5. The Kier molecular flexibility index (Phi) is 5.91. The number of fused-ring (bicyclic) bond motifs is 1. The summed E-state index contributed by atoms with van der Waals surface area (Å²) in [4.78, 5) is 45.1. The Morgan fingerprint density at radius 2 is 1.93 bits per heavy atom. The van der Waals surface area contributed by atoms with Gasteiger partial charge in [0.05, 0.1) is 22.6 Å². The molecule has 0 radical (unpaired) electrons. The number of amides is 1. The number of carbonyl (C=O) groups is 2. The van der Waals surface area contributed by atoms with E-state index in [4.69, 9.17) is 4.74 Å². The van der Waals surface area contributed by atoms with Gasteiger partial charge in [0, 0.05) is 12.2 Å². The van der Waals surface area contributed by atoms with Gasteiger partial charge in [-0.3, -0.25) is 25.0 Å². The molecule has 3 rings (SSSR count). The number of aromatic amines is 1.